The van der Waals surface area contributed by atoms with Crippen LogP contribution in [-0.4, -0.2) is 60.9 Å². The van der Waals surface area contributed by atoms with E-state index in [9.17, 15) is 9.90 Å². The van der Waals surface area contributed by atoms with Crippen molar-refractivity contribution in [3.63, 3.8) is 0 Å². The standard InChI is InChI=1S/C30H34N2O4/c1-32-15-14-29-25-20-9-10-22(33)26(25)36-27(29)30(35-2)13-12-28(29,23(32)16-20)17-21(30)18-31-24(34)11-8-19-6-4-3-5-7-19/h3-11,21,23,27,33H,12-18H2,1-2H3,(H,31,34)/b11-8+/t21-,23-,27-,28-,29+,30-/m1/s1. The fraction of sp³-hybridized carbons (Fsp3) is 0.500. The predicted molar refractivity (Wildman–Crippen MR) is 137 cm³/mol. The van der Waals surface area contributed by atoms with E-state index in [1.165, 1.54) is 11.1 Å². The second kappa shape index (κ2) is 7.59. The smallest absolute Gasteiger partial charge is 0.244 e. The number of carbonyl (C=O) groups excluding carboxylic acids is 1. The summed E-state index contributed by atoms with van der Waals surface area (Å²) in [7, 11) is 4.07. The van der Waals surface area contributed by atoms with E-state index in [1.54, 1.807) is 12.1 Å². The van der Waals surface area contributed by atoms with Gasteiger partial charge in [0.1, 0.15) is 11.7 Å². The van der Waals surface area contributed by atoms with Crippen molar-refractivity contribution in [3.05, 3.63) is 65.2 Å². The first-order chi connectivity index (χ1) is 17.4. The van der Waals surface area contributed by atoms with Crippen LogP contribution < -0.4 is 10.1 Å². The molecule has 188 valence electrons. The number of ether oxygens (including phenoxy) is 2. The number of fused-ring (bicyclic) bond motifs is 2. The highest BCUT2D eigenvalue weighted by Gasteiger charge is 2.80. The van der Waals surface area contributed by atoms with Gasteiger partial charge in [0.15, 0.2) is 11.5 Å². The number of benzene rings is 2. The molecule has 1 amide bonds. The molecule has 4 fully saturated rings. The number of carbonyl (C=O) groups is 1. The van der Waals surface area contributed by atoms with Gasteiger partial charge in [0, 0.05) is 48.1 Å². The first-order valence-corrected chi connectivity index (χ1v) is 13.2. The van der Waals surface area contributed by atoms with E-state index in [1.807, 2.05) is 43.5 Å². The SMILES string of the molecule is CO[C@]12CC[C@@]3(C[C@@H]1CNC(=O)/C=C/c1ccccc1)[C@H]1Cc4ccc(O)c5c4[C@@]3(CCN1C)[C@H]2O5. The number of amides is 1. The van der Waals surface area contributed by atoms with E-state index in [2.05, 4.69) is 23.3 Å². The molecule has 6 aliphatic rings. The van der Waals surface area contributed by atoms with Gasteiger partial charge in [-0.2, -0.15) is 0 Å². The summed E-state index contributed by atoms with van der Waals surface area (Å²) in [5.74, 6) is 0.973. The number of piperidine rings is 1. The number of hydrogen-bond acceptors (Lipinski definition) is 5. The maximum Gasteiger partial charge on any atom is 0.244 e. The molecule has 6 nitrogen and oxygen atoms in total. The van der Waals surface area contributed by atoms with Crippen molar-refractivity contribution >= 4 is 12.0 Å². The number of rotatable bonds is 5. The zero-order valence-corrected chi connectivity index (χ0v) is 21.0. The number of hydrogen-bond donors (Lipinski definition) is 2. The molecule has 2 heterocycles. The fourth-order valence-electron chi connectivity index (χ4n) is 9.09. The molecule has 8 rings (SSSR count). The van der Waals surface area contributed by atoms with Gasteiger partial charge in [0.25, 0.3) is 0 Å². The molecule has 4 aliphatic carbocycles. The lowest BCUT2D eigenvalue weighted by molar-refractivity contribution is -0.274. The molecule has 4 bridgehead atoms. The van der Waals surface area contributed by atoms with Gasteiger partial charge in [0.2, 0.25) is 5.91 Å². The molecule has 0 radical (unpaired) electrons. The third-order valence-electron chi connectivity index (χ3n) is 10.5. The van der Waals surface area contributed by atoms with Crippen molar-refractivity contribution < 1.29 is 19.4 Å². The summed E-state index contributed by atoms with van der Waals surface area (Å²) in [4.78, 5) is 15.4. The predicted octanol–water partition coefficient (Wildman–Crippen LogP) is 3.67. The molecule has 6 heteroatoms. The van der Waals surface area contributed by atoms with Crippen molar-refractivity contribution in [1.82, 2.24) is 10.2 Å². The van der Waals surface area contributed by atoms with Gasteiger partial charge in [-0.25, -0.2) is 0 Å². The average Bonchev–Trinajstić information content (AvgIpc) is 3.28. The summed E-state index contributed by atoms with van der Waals surface area (Å²) < 4.78 is 13.2. The fourth-order valence-corrected chi connectivity index (χ4v) is 9.09. The molecule has 3 saturated carbocycles. The second-order valence-electron chi connectivity index (χ2n) is 11.6. The minimum Gasteiger partial charge on any atom is -0.504 e. The largest absolute Gasteiger partial charge is 0.504 e. The Hall–Kier alpha value is -2.83. The monoisotopic (exact) mass is 486 g/mol. The molecule has 2 aromatic carbocycles. The zero-order valence-electron chi connectivity index (χ0n) is 21.0. The van der Waals surface area contributed by atoms with Crippen LogP contribution in [0.25, 0.3) is 6.08 Å². The highest BCUT2D eigenvalue weighted by molar-refractivity contribution is 5.91. The van der Waals surface area contributed by atoms with Crippen LogP contribution in [0.3, 0.4) is 0 Å². The Morgan fingerprint density at radius 3 is 2.86 bits per heavy atom. The summed E-state index contributed by atoms with van der Waals surface area (Å²) in [6, 6.07) is 14.2. The number of methoxy groups -OCH3 is 1. The molecule has 36 heavy (non-hydrogen) atoms. The topological polar surface area (TPSA) is 71.0 Å². The van der Waals surface area contributed by atoms with Crippen LogP contribution >= 0.6 is 0 Å². The summed E-state index contributed by atoms with van der Waals surface area (Å²) in [5.41, 5.74) is 2.98. The Kier molecular flexibility index (Phi) is 4.72. The van der Waals surface area contributed by atoms with Crippen LogP contribution in [0, 0.1) is 11.3 Å². The van der Waals surface area contributed by atoms with Gasteiger partial charge in [-0.3, -0.25) is 4.79 Å². The Morgan fingerprint density at radius 1 is 1.22 bits per heavy atom. The van der Waals surface area contributed by atoms with Crippen molar-refractivity contribution in [2.45, 2.75) is 55.3 Å². The van der Waals surface area contributed by atoms with E-state index in [0.717, 1.165) is 44.2 Å². The van der Waals surface area contributed by atoms with Crippen molar-refractivity contribution in [2.75, 3.05) is 27.2 Å². The van der Waals surface area contributed by atoms with Gasteiger partial charge in [0.05, 0.1) is 0 Å². The Morgan fingerprint density at radius 2 is 2.06 bits per heavy atom. The highest BCUT2D eigenvalue weighted by atomic mass is 16.6. The molecular formula is C30H34N2O4. The van der Waals surface area contributed by atoms with Crippen LogP contribution in [0.15, 0.2) is 48.5 Å². The maximum absolute atomic E-state index is 12.8. The second-order valence-corrected chi connectivity index (χ2v) is 11.6. The van der Waals surface area contributed by atoms with E-state index < -0.39 is 5.60 Å². The normalized spacial score (nSPS) is 37.6. The number of phenolic OH excluding ortho intramolecular Hbond substituents is 1. The van der Waals surface area contributed by atoms with Crippen molar-refractivity contribution in [1.29, 1.82) is 0 Å². The van der Waals surface area contributed by atoms with Gasteiger partial charge < -0.3 is 24.8 Å². The molecule has 2 N–H and O–H groups in total. The lowest BCUT2D eigenvalue weighted by Gasteiger charge is -2.73. The van der Waals surface area contributed by atoms with Crippen LogP contribution in [0.5, 0.6) is 11.5 Å². The molecule has 6 atom stereocenters. The van der Waals surface area contributed by atoms with E-state index in [0.29, 0.717) is 18.3 Å². The first kappa shape index (κ1) is 22.4. The molecule has 0 aromatic heterocycles. The molecule has 2 aliphatic heterocycles. The van der Waals surface area contributed by atoms with Gasteiger partial charge in [-0.1, -0.05) is 36.4 Å². The average molecular weight is 487 g/mol. The number of nitrogens with one attached hydrogen (secondary N) is 1. The number of likely N-dealkylation sites (tertiary alicyclic amines) is 1. The Bertz CT molecular complexity index is 1260. The van der Waals surface area contributed by atoms with E-state index in [-0.39, 0.29) is 34.5 Å². The van der Waals surface area contributed by atoms with Crippen molar-refractivity contribution in [3.8, 4) is 11.5 Å². The lowest BCUT2D eigenvalue weighted by Crippen LogP contribution is -2.81. The van der Waals surface area contributed by atoms with E-state index in [4.69, 9.17) is 9.47 Å². The molecule has 2 spiro atoms. The minimum absolute atomic E-state index is 0.0479. The molecule has 2 aromatic rings. The van der Waals surface area contributed by atoms with Crippen LogP contribution in [0.2, 0.25) is 0 Å². The Labute approximate surface area is 212 Å². The molecule has 0 unspecified atom stereocenters. The summed E-state index contributed by atoms with van der Waals surface area (Å²) in [5, 5.41) is 14.0. The van der Waals surface area contributed by atoms with Gasteiger partial charge in [-0.15, -0.1) is 0 Å². The number of nitrogens with zero attached hydrogens (tertiary/aromatic N) is 1. The third-order valence-corrected chi connectivity index (χ3v) is 10.5. The van der Waals surface area contributed by atoms with Crippen LogP contribution in [-0.2, 0) is 21.4 Å². The van der Waals surface area contributed by atoms with Crippen molar-refractivity contribution in [2.24, 2.45) is 11.3 Å². The molecule has 1 saturated heterocycles. The first-order valence-electron chi connectivity index (χ1n) is 13.2. The maximum atomic E-state index is 12.8. The minimum atomic E-state index is -0.501. The summed E-state index contributed by atoms with van der Waals surface area (Å²) >= 11 is 0. The highest BCUT2D eigenvalue weighted by Crippen LogP contribution is 2.76. The number of aromatic hydroxyl groups is 1. The number of phenols is 1. The van der Waals surface area contributed by atoms with Gasteiger partial charge >= 0.3 is 0 Å². The summed E-state index contributed by atoms with van der Waals surface area (Å²) in [6.07, 6.45) is 8.29. The molecular weight excluding hydrogens is 452 g/mol. The number of likely N-dealkylation sites (N-methyl/N-ethyl adjacent to an activating group) is 1. The lowest BCUT2D eigenvalue weighted by atomic mass is 9.35. The van der Waals surface area contributed by atoms with E-state index >= 15 is 0 Å². The van der Waals surface area contributed by atoms with Crippen LogP contribution in [0.1, 0.15) is 42.4 Å². The summed E-state index contributed by atoms with van der Waals surface area (Å²) in [6.45, 7) is 1.57. The Balaban J connectivity index is 1.25. The third kappa shape index (κ3) is 2.61. The van der Waals surface area contributed by atoms with Gasteiger partial charge in [-0.05, 0) is 69.0 Å². The van der Waals surface area contributed by atoms with Crippen LogP contribution in [0.4, 0.5) is 0 Å². The zero-order chi connectivity index (χ0) is 24.7. The quantitative estimate of drug-likeness (QED) is 0.631.